The molecule has 2 aromatic carbocycles. The Hall–Kier alpha value is -2.16. The summed E-state index contributed by atoms with van der Waals surface area (Å²) in [6.07, 6.45) is 0.906. The van der Waals surface area contributed by atoms with Gasteiger partial charge < -0.3 is 5.32 Å². The third-order valence-corrected chi connectivity index (χ3v) is 2.84. The van der Waals surface area contributed by atoms with Gasteiger partial charge in [0.15, 0.2) is 0 Å². The van der Waals surface area contributed by atoms with Gasteiger partial charge in [0.1, 0.15) is 5.82 Å². The SMILES string of the molecule is CCCNC(=O)c1cccc(-c2ccc(F)cc2)c1. The zero-order chi connectivity index (χ0) is 13.7. The zero-order valence-corrected chi connectivity index (χ0v) is 10.8. The predicted octanol–water partition coefficient (Wildman–Crippen LogP) is 3.63. The number of halogens is 1. The number of carbonyl (C=O) groups excluding carboxylic acids is 1. The quantitative estimate of drug-likeness (QED) is 0.890. The van der Waals surface area contributed by atoms with E-state index in [9.17, 15) is 9.18 Å². The molecule has 0 spiro atoms. The molecule has 2 aromatic rings. The first kappa shape index (κ1) is 13.3. The van der Waals surface area contributed by atoms with Crippen molar-refractivity contribution in [2.45, 2.75) is 13.3 Å². The second-order valence-electron chi connectivity index (χ2n) is 4.34. The van der Waals surface area contributed by atoms with E-state index in [1.165, 1.54) is 12.1 Å². The van der Waals surface area contributed by atoms with Crippen molar-refractivity contribution in [2.75, 3.05) is 6.54 Å². The summed E-state index contributed by atoms with van der Waals surface area (Å²) in [4.78, 5) is 11.9. The summed E-state index contributed by atoms with van der Waals surface area (Å²) in [7, 11) is 0. The first-order valence-corrected chi connectivity index (χ1v) is 6.35. The van der Waals surface area contributed by atoms with E-state index in [-0.39, 0.29) is 11.7 Å². The van der Waals surface area contributed by atoms with Crippen LogP contribution in [0.15, 0.2) is 48.5 Å². The van der Waals surface area contributed by atoms with Gasteiger partial charge in [-0.15, -0.1) is 0 Å². The number of hydrogen-bond donors (Lipinski definition) is 1. The minimum Gasteiger partial charge on any atom is -0.352 e. The average Bonchev–Trinajstić information content (AvgIpc) is 2.45. The topological polar surface area (TPSA) is 29.1 Å². The first-order chi connectivity index (χ1) is 9.20. The minimum absolute atomic E-state index is 0.0780. The van der Waals surface area contributed by atoms with Gasteiger partial charge >= 0.3 is 0 Å². The molecule has 2 rings (SSSR count). The Morgan fingerprint density at radius 2 is 1.84 bits per heavy atom. The molecule has 0 saturated heterocycles. The van der Waals surface area contributed by atoms with Gasteiger partial charge in [-0.3, -0.25) is 4.79 Å². The lowest BCUT2D eigenvalue weighted by Crippen LogP contribution is -2.23. The summed E-state index contributed by atoms with van der Waals surface area (Å²) in [5.74, 6) is -0.341. The molecule has 0 atom stereocenters. The molecule has 3 heteroatoms. The Morgan fingerprint density at radius 1 is 1.11 bits per heavy atom. The molecule has 19 heavy (non-hydrogen) atoms. The molecule has 2 nitrogen and oxygen atoms in total. The normalized spacial score (nSPS) is 10.2. The Kier molecular flexibility index (Phi) is 4.29. The van der Waals surface area contributed by atoms with Crippen LogP contribution in [0.25, 0.3) is 11.1 Å². The fraction of sp³-hybridized carbons (Fsp3) is 0.188. The van der Waals surface area contributed by atoms with E-state index in [1.807, 2.05) is 25.1 Å². The van der Waals surface area contributed by atoms with Crippen LogP contribution in [0.3, 0.4) is 0 Å². The molecular weight excluding hydrogens is 241 g/mol. The zero-order valence-electron chi connectivity index (χ0n) is 10.8. The predicted molar refractivity (Wildman–Crippen MR) is 74.5 cm³/mol. The van der Waals surface area contributed by atoms with E-state index in [0.29, 0.717) is 12.1 Å². The summed E-state index contributed by atoms with van der Waals surface area (Å²) in [5, 5.41) is 2.84. The fourth-order valence-corrected chi connectivity index (χ4v) is 1.82. The molecule has 0 heterocycles. The van der Waals surface area contributed by atoms with Gasteiger partial charge in [0, 0.05) is 12.1 Å². The van der Waals surface area contributed by atoms with Crippen molar-refractivity contribution in [1.82, 2.24) is 5.32 Å². The maximum Gasteiger partial charge on any atom is 0.251 e. The summed E-state index contributed by atoms with van der Waals surface area (Å²) in [5.41, 5.74) is 2.42. The molecule has 0 aromatic heterocycles. The van der Waals surface area contributed by atoms with Crippen LogP contribution < -0.4 is 5.32 Å². The molecule has 0 saturated carbocycles. The van der Waals surface area contributed by atoms with Crippen molar-refractivity contribution >= 4 is 5.91 Å². The largest absolute Gasteiger partial charge is 0.352 e. The van der Waals surface area contributed by atoms with Crippen molar-refractivity contribution in [3.05, 3.63) is 59.9 Å². The first-order valence-electron chi connectivity index (χ1n) is 6.35. The van der Waals surface area contributed by atoms with Gasteiger partial charge in [-0.05, 0) is 41.8 Å². The smallest absolute Gasteiger partial charge is 0.251 e. The van der Waals surface area contributed by atoms with Gasteiger partial charge in [0.2, 0.25) is 0 Å². The van der Waals surface area contributed by atoms with Crippen molar-refractivity contribution in [2.24, 2.45) is 0 Å². The van der Waals surface area contributed by atoms with Crippen LogP contribution in [0.5, 0.6) is 0 Å². The van der Waals surface area contributed by atoms with Gasteiger partial charge in [0.25, 0.3) is 5.91 Å². The molecule has 0 unspecified atom stereocenters. The molecule has 0 aliphatic carbocycles. The summed E-state index contributed by atoms with van der Waals surface area (Å²) in [6, 6.07) is 13.6. The Morgan fingerprint density at radius 3 is 2.53 bits per heavy atom. The average molecular weight is 257 g/mol. The van der Waals surface area contributed by atoms with Crippen LogP contribution in [0.2, 0.25) is 0 Å². The maximum atomic E-state index is 12.9. The summed E-state index contributed by atoms with van der Waals surface area (Å²) in [6.45, 7) is 2.68. The molecule has 0 bridgehead atoms. The van der Waals surface area contributed by atoms with Crippen LogP contribution >= 0.6 is 0 Å². The Balaban J connectivity index is 2.24. The van der Waals surface area contributed by atoms with E-state index in [2.05, 4.69) is 5.32 Å². The van der Waals surface area contributed by atoms with Crippen molar-refractivity contribution in [3.8, 4) is 11.1 Å². The molecule has 0 fully saturated rings. The minimum atomic E-state index is -0.263. The van der Waals surface area contributed by atoms with Crippen molar-refractivity contribution < 1.29 is 9.18 Å². The van der Waals surface area contributed by atoms with E-state index >= 15 is 0 Å². The highest BCUT2D eigenvalue weighted by molar-refractivity contribution is 5.95. The van der Waals surface area contributed by atoms with Gasteiger partial charge in [0.05, 0.1) is 0 Å². The molecule has 98 valence electrons. The second-order valence-corrected chi connectivity index (χ2v) is 4.34. The van der Waals surface area contributed by atoms with Crippen LogP contribution in [0.4, 0.5) is 4.39 Å². The number of amides is 1. The highest BCUT2D eigenvalue weighted by atomic mass is 19.1. The molecule has 1 N–H and O–H groups in total. The molecule has 0 aliphatic rings. The highest BCUT2D eigenvalue weighted by Gasteiger charge is 2.06. The van der Waals surface area contributed by atoms with Gasteiger partial charge in [-0.2, -0.15) is 0 Å². The third-order valence-electron chi connectivity index (χ3n) is 2.84. The number of carbonyl (C=O) groups is 1. The Labute approximate surface area is 112 Å². The van der Waals surface area contributed by atoms with Gasteiger partial charge in [-0.25, -0.2) is 4.39 Å². The van der Waals surface area contributed by atoms with Crippen molar-refractivity contribution in [1.29, 1.82) is 0 Å². The standard InChI is InChI=1S/C16H16FNO/c1-2-10-18-16(19)14-5-3-4-13(11-14)12-6-8-15(17)9-7-12/h3-9,11H,2,10H2,1H3,(H,18,19). The summed E-state index contributed by atoms with van der Waals surface area (Å²) < 4.78 is 12.9. The highest BCUT2D eigenvalue weighted by Crippen LogP contribution is 2.20. The fourth-order valence-electron chi connectivity index (χ4n) is 1.82. The number of benzene rings is 2. The monoisotopic (exact) mass is 257 g/mol. The summed E-state index contributed by atoms with van der Waals surface area (Å²) >= 11 is 0. The van der Waals surface area contributed by atoms with Crippen LogP contribution in [-0.4, -0.2) is 12.5 Å². The van der Waals surface area contributed by atoms with Crippen LogP contribution in [0.1, 0.15) is 23.7 Å². The third kappa shape index (κ3) is 3.41. The lowest BCUT2D eigenvalue weighted by atomic mass is 10.0. The van der Waals surface area contributed by atoms with Crippen LogP contribution in [0, 0.1) is 5.82 Å². The van der Waals surface area contributed by atoms with Crippen LogP contribution in [-0.2, 0) is 0 Å². The van der Waals surface area contributed by atoms with E-state index in [4.69, 9.17) is 0 Å². The van der Waals surface area contributed by atoms with Crippen molar-refractivity contribution in [3.63, 3.8) is 0 Å². The van der Waals surface area contributed by atoms with E-state index < -0.39 is 0 Å². The second kappa shape index (κ2) is 6.14. The lowest BCUT2D eigenvalue weighted by molar-refractivity contribution is 0.0953. The maximum absolute atomic E-state index is 12.9. The lowest BCUT2D eigenvalue weighted by Gasteiger charge is -2.06. The van der Waals surface area contributed by atoms with E-state index in [1.54, 1.807) is 18.2 Å². The molecule has 0 radical (unpaired) electrons. The molecular formula is C16H16FNO. The van der Waals surface area contributed by atoms with Gasteiger partial charge in [-0.1, -0.05) is 31.2 Å². The van der Waals surface area contributed by atoms with E-state index in [0.717, 1.165) is 17.5 Å². The Bertz CT molecular complexity index is 563. The number of nitrogens with one attached hydrogen (secondary N) is 1. The molecule has 1 amide bonds. The number of rotatable bonds is 4. The number of hydrogen-bond acceptors (Lipinski definition) is 1. The molecule has 0 aliphatic heterocycles.